The molecular weight excluding hydrogens is 232 g/mol. The van der Waals surface area contributed by atoms with Gasteiger partial charge in [0, 0.05) is 0 Å². The Morgan fingerprint density at radius 3 is 1.63 bits per heavy atom. The first-order valence-corrected chi connectivity index (χ1v) is 6.49. The van der Waals surface area contributed by atoms with Crippen LogP contribution in [0, 0.1) is 6.92 Å². The van der Waals surface area contributed by atoms with E-state index in [1.165, 1.54) is 21.9 Å². The minimum Gasteiger partial charge on any atom is -0.489 e. The summed E-state index contributed by atoms with van der Waals surface area (Å²) in [5, 5.41) is 2.62. The first kappa shape index (κ1) is 11.8. The smallest absolute Gasteiger partial charge is 0.120 e. The number of benzene rings is 3. The first-order valence-electron chi connectivity index (χ1n) is 6.49. The van der Waals surface area contributed by atoms with Crippen LogP contribution in [0.3, 0.4) is 0 Å². The van der Waals surface area contributed by atoms with Crippen LogP contribution in [-0.4, -0.2) is 0 Å². The van der Waals surface area contributed by atoms with Gasteiger partial charge < -0.3 is 4.74 Å². The minimum atomic E-state index is 0.772. The van der Waals surface area contributed by atoms with Crippen LogP contribution >= 0.6 is 0 Å². The molecule has 3 aromatic carbocycles. The Labute approximate surface area is 113 Å². The van der Waals surface area contributed by atoms with Crippen LogP contribution in [-0.2, 0) is 6.61 Å². The zero-order valence-electron chi connectivity index (χ0n) is 11.0. The van der Waals surface area contributed by atoms with E-state index in [9.17, 15) is 0 Å². The normalized spacial score (nSPS) is 11.6. The molecule has 19 heavy (non-hydrogen) atoms. The zero-order chi connectivity index (χ0) is 13.1. The predicted molar refractivity (Wildman–Crippen MR) is 79.5 cm³/mol. The Bertz CT molecular complexity index is 635. The number of hydrogen-bond donors (Lipinski definition) is 0. The van der Waals surface area contributed by atoms with Crippen LogP contribution in [0.1, 0.15) is 11.1 Å². The summed E-state index contributed by atoms with van der Waals surface area (Å²) in [5.41, 5.74) is 2.66. The largest absolute Gasteiger partial charge is 0.489 e. The highest BCUT2D eigenvalue weighted by Crippen LogP contribution is 2.23. The monoisotopic (exact) mass is 248 g/mol. The molecule has 0 N–H and O–H groups in total. The summed E-state index contributed by atoms with van der Waals surface area (Å²) in [7, 11) is 0. The van der Waals surface area contributed by atoms with Gasteiger partial charge in [0.25, 0.3) is 0 Å². The molecule has 0 fully saturated rings. The Hall–Kier alpha value is -2.28. The Morgan fingerprint density at radius 1 is 0.789 bits per heavy atom. The fraction of sp³-hybridized carbons (Fsp3) is 0.111. The number of hydrogen-bond acceptors (Lipinski definition) is 1. The van der Waals surface area contributed by atoms with E-state index in [1.807, 2.05) is 6.07 Å². The maximum absolute atomic E-state index is 5.26. The van der Waals surface area contributed by atoms with Crippen molar-refractivity contribution in [3.63, 3.8) is 0 Å². The summed E-state index contributed by atoms with van der Waals surface area (Å²) in [6.07, 6.45) is 0. The lowest BCUT2D eigenvalue weighted by molar-refractivity contribution is 0.293. The third kappa shape index (κ3) is 2.60. The molecule has 2 bridgehead atoms. The van der Waals surface area contributed by atoms with Crippen molar-refractivity contribution in [1.29, 1.82) is 0 Å². The zero-order valence-corrected chi connectivity index (χ0v) is 11.0. The van der Waals surface area contributed by atoms with Crippen LogP contribution in [0.25, 0.3) is 10.8 Å². The highest BCUT2D eigenvalue weighted by atomic mass is 16.5. The topological polar surface area (TPSA) is 9.23 Å². The SMILES string of the molecule is Cc1cc2ccc1CO2.c1ccc2ccccc2c1. The maximum atomic E-state index is 5.26. The van der Waals surface area contributed by atoms with Crippen LogP contribution in [0.4, 0.5) is 0 Å². The van der Waals surface area contributed by atoms with Crippen LogP contribution in [0.15, 0.2) is 66.7 Å². The summed E-state index contributed by atoms with van der Waals surface area (Å²) >= 11 is 0. The highest BCUT2D eigenvalue weighted by Gasteiger charge is 2.06. The number of ether oxygens (including phenoxy) is 1. The summed E-state index contributed by atoms with van der Waals surface area (Å²) < 4.78 is 5.26. The van der Waals surface area contributed by atoms with Crippen molar-refractivity contribution in [2.45, 2.75) is 13.5 Å². The first-order chi connectivity index (χ1) is 9.33. The number of fused-ring (bicyclic) bond motifs is 4. The van der Waals surface area contributed by atoms with Gasteiger partial charge in [0.15, 0.2) is 0 Å². The predicted octanol–water partition coefficient (Wildman–Crippen LogP) is 4.73. The molecule has 0 aromatic heterocycles. The maximum Gasteiger partial charge on any atom is 0.120 e. The average molecular weight is 248 g/mol. The molecule has 94 valence electrons. The quantitative estimate of drug-likeness (QED) is 0.559. The molecule has 0 unspecified atom stereocenters. The molecule has 0 spiro atoms. The molecule has 0 saturated carbocycles. The lowest BCUT2D eigenvalue weighted by Gasteiger charge is -2.15. The summed E-state index contributed by atoms with van der Waals surface area (Å²) in [6, 6.07) is 22.9. The van der Waals surface area contributed by atoms with Crippen molar-refractivity contribution < 1.29 is 4.74 Å². The third-order valence-corrected chi connectivity index (χ3v) is 3.37. The molecule has 0 amide bonds. The van der Waals surface area contributed by atoms with Gasteiger partial charge in [-0.15, -0.1) is 0 Å². The van der Waals surface area contributed by atoms with Crippen molar-refractivity contribution in [2.75, 3.05) is 0 Å². The Balaban J connectivity index is 0.000000117. The van der Waals surface area contributed by atoms with Gasteiger partial charge in [-0.25, -0.2) is 0 Å². The van der Waals surface area contributed by atoms with Crippen molar-refractivity contribution >= 4 is 10.8 Å². The van der Waals surface area contributed by atoms with E-state index in [0.717, 1.165) is 12.4 Å². The summed E-state index contributed by atoms with van der Waals surface area (Å²) in [5.74, 6) is 1.00. The molecule has 2 heterocycles. The van der Waals surface area contributed by atoms with Gasteiger partial charge in [0.05, 0.1) is 0 Å². The second kappa shape index (κ2) is 5.15. The summed E-state index contributed by atoms with van der Waals surface area (Å²) in [6.45, 7) is 2.88. The second-order valence-corrected chi connectivity index (χ2v) is 4.72. The van der Waals surface area contributed by atoms with E-state index >= 15 is 0 Å². The highest BCUT2D eigenvalue weighted by molar-refractivity contribution is 5.81. The van der Waals surface area contributed by atoms with Crippen LogP contribution in [0.2, 0.25) is 0 Å². The van der Waals surface area contributed by atoms with Gasteiger partial charge >= 0.3 is 0 Å². The Morgan fingerprint density at radius 2 is 1.37 bits per heavy atom. The van der Waals surface area contributed by atoms with E-state index in [2.05, 4.69) is 67.6 Å². The minimum absolute atomic E-state index is 0.772. The lowest BCUT2D eigenvalue weighted by Crippen LogP contribution is -2.03. The third-order valence-electron chi connectivity index (χ3n) is 3.37. The molecule has 0 atom stereocenters. The van der Waals surface area contributed by atoms with Gasteiger partial charge in [-0.2, -0.15) is 0 Å². The van der Waals surface area contributed by atoms with Gasteiger partial charge in [0.1, 0.15) is 12.4 Å². The molecule has 0 saturated heterocycles. The molecule has 5 rings (SSSR count). The van der Waals surface area contributed by atoms with Crippen molar-refractivity contribution in [2.24, 2.45) is 0 Å². The van der Waals surface area contributed by atoms with Crippen molar-refractivity contribution in [3.8, 4) is 5.75 Å². The van der Waals surface area contributed by atoms with Gasteiger partial charge in [-0.1, -0.05) is 54.6 Å². The average Bonchev–Trinajstić information content (AvgIpc) is 2.49. The number of rotatable bonds is 0. The van der Waals surface area contributed by atoms with Crippen LogP contribution < -0.4 is 4.74 Å². The fourth-order valence-electron chi connectivity index (χ4n) is 2.21. The summed E-state index contributed by atoms with van der Waals surface area (Å²) in [4.78, 5) is 0. The number of aryl methyl sites for hydroxylation is 1. The molecule has 3 aromatic rings. The van der Waals surface area contributed by atoms with Gasteiger partial charge in [0.2, 0.25) is 0 Å². The molecule has 0 radical (unpaired) electrons. The lowest BCUT2D eigenvalue weighted by atomic mass is 10.1. The van der Waals surface area contributed by atoms with Gasteiger partial charge in [-0.3, -0.25) is 0 Å². The standard InChI is InChI=1S/C10H8.C8H8O/c1-2-6-10-8-4-3-7-9(10)5-1;1-6-4-8-3-2-7(6)5-9-8/h1-8H;2-4H,5H2,1H3. The van der Waals surface area contributed by atoms with E-state index in [-0.39, 0.29) is 0 Å². The van der Waals surface area contributed by atoms with E-state index in [4.69, 9.17) is 4.74 Å². The van der Waals surface area contributed by atoms with E-state index in [1.54, 1.807) is 0 Å². The van der Waals surface area contributed by atoms with Crippen LogP contribution in [0.5, 0.6) is 5.75 Å². The Kier molecular flexibility index (Phi) is 3.20. The molecule has 1 heteroatoms. The van der Waals surface area contributed by atoms with E-state index in [0.29, 0.717) is 0 Å². The van der Waals surface area contributed by atoms with Crippen molar-refractivity contribution in [1.82, 2.24) is 0 Å². The molecule has 1 nitrogen and oxygen atoms in total. The van der Waals surface area contributed by atoms with E-state index < -0.39 is 0 Å². The molecular formula is C18H16O. The molecule has 2 aliphatic heterocycles. The molecule has 2 aliphatic rings. The molecule has 0 aliphatic carbocycles. The fourth-order valence-corrected chi connectivity index (χ4v) is 2.21. The van der Waals surface area contributed by atoms with Crippen molar-refractivity contribution in [3.05, 3.63) is 77.9 Å². The van der Waals surface area contributed by atoms with Gasteiger partial charge in [-0.05, 0) is 41.0 Å². The second-order valence-electron chi connectivity index (χ2n) is 4.72.